The second-order valence-corrected chi connectivity index (χ2v) is 5.55. The summed E-state index contributed by atoms with van der Waals surface area (Å²) in [5.74, 6) is 0.477. The van der Waals surface area contributed by atoms with Crippen LogP contribution in [0.25, 0.3) is 10.9 Å². The maximum absolute atomic E-state index is 12.5. The molecule has 106 valence electrons. The Labute approximate surface area is 121 Å². The number of halogens is 1. The summed E-state index contributed by atoms with van der Waals surface area (Å²) in [5, 5.41) is 13.4. The predicted octanol–water partition coefficient (Wildman–Crippen LogP) is 1.76. The lowest BCUT2D eigenvalue weighted by atomic mass is 10.00. The molecule has 1 saturated heterocycles. The molecule has 1 aliphatic heterocycles. The van der Waals surface area contributed by atoms with E-state index in [4.69, 9.17) is 11.6 Å². The SMILES string of the molecule is O=c1c2ccc(O)cc2nc(Cl)n1CC1CCCNC1. The zero-order valence-corrected chi connectivity index (χ0v) is 11.7. The number of aromatic nitrogens is 2. The fraction of sp³-hybridized carbons (Fsp3) is 0.429. The molecular weight excluding hydrogens is 278 g/mol. The molecule has 2 heterocycles. The van der Waals surface area contributed by atoms with E-state index in [2.05, 4.69) is 10.3 Å². The van der Waals surface area contributed by atoms with E-state index in [-0.39, 0.29) is 16.6 Å². The van der Waals surface area contributed by atoms with Gasteiger partial charge in [-0.3, -0.25) is 9.36 Å². The van der Waals surface area contributed by atoms with Crippen molar-refractivity contribution < 1.29 is 5.11 Å². The van der Waals surface area contributed by atoms with Crippen LogP contribution >= 0.6 is 11.6 Å². The average molecular weight is 294 g/mol. The molecule has 1 aromatic heterocycles. The topological polar surface area (TPSA) is 67.1 Å². The molecule has 1 unspecified atom stereocenters. The van der Waals surface area contributed by atoms with Gasteiger partial charge >= 0.3 is 0 Å². The number of hydrogen-bond acceptors (Lipinski definition) is 4. The smallest absolute Gasteiger partial charge is 0.262 e. The van der Waals surface area contributed by atoms with Gasteiger partial charge in [-0.05, 0) is 55.6 Å². The van der Waals surface area contributed by atoms with E-state index in [0.29, 0.717) is 23.4 Å². The van der Waals surface area contributed by atoms with Crippen LogP contribution in [0.1, 0.15) is 12.8 Å². The Balaban J connectivity index is 2.02. The van der Waals surface area contributed by atoms with E-state index in [1.165, 1.54) is 16.7 Å². The molecule has 0 saturated carbocycles. The van der Waals surface area contributed by atoms with Crippen molar-refractivity contribution in [1.82, 2.24) is 14.9 Å². The molecule has 0 bridgehead atoms. The van der Waals surface area contributed by atoms with E-state index in [1.54, 1.807) is 6.07 Å². The first-order valence-electron chi connectivity index (χ1n) is 6.75. The minimum atomic E-state index is -0.148. The molecule has 1 aliphatic rings. The lowest BCUT2D eigenvalue weighted by Crippen LogP contribution is -2.35. The van der Waals surface area contributed by atoms with Gasteiger partial charge in [-0.15, -0.1) is 0 Å². The van der Waals surface area contributed by atoms with E-state index >= 15 is 0 Å². The summed E-state index contributed by atoms with van der Waals surface area (Å²) in [6.45, 7) is 2.51. The second kappa shape index (κ2) is 5.42. The van der Waals surface area contributed by atoms with Crippen molar-refractivity contribution in [2.75, 3.05) is 13.1 Å². The summed E-state index contributed by atoms with van der Waals surface area (Å²) in [6.07, 6.45) is 2.20. The normalized spacial score (nSPS) is 19.4. The van der Waals surface area contributed by atoms with Crippen LogP contribution in [0, 0.1) is 5.92 Å². The Kier molecular flexibility index (Phi) is 3.63. The molecule has 0 spiro atoms. The molecule has 0 radical (unpaired) electrons. The highest BCUT2D eigenvalue weighted by Crippen LogP contribution is 2.19. The monoisotopic (exact) mass is 293 g/mol. The standard InChI is InChI=1S/C14H16ClN3O2/c15-14-17-12-6-10(19)3-4-11(12)13(20)18(14)8-9-2-1-5-16-7-9/h3-4,6,9,16,19H,1-2,5,7-8H2. The van der Waals surface area contributed by atoms with E-state index < -0.39 is 0 Å². The summed E-state index contributed by atoms with van der Waals surface area (Å²) < 4.78 is 1.53. The van der Waals surface area contributed by atoms with Crippen molar-refractivity contribution >= 4 is 22.5 Å². The molecule has 1 fully saturated rings. The summed E-state index contributed by atoms with van der Waals surface area (Å²) in [7, 11) is 0. The Morgan fingerprint density at radius 3 is 3.10 bits per heavy atom. The van der Waals surface area contributed by atoms with E-state index in [0.717, 1.165) is 25.9 Å². The van der Waals surface area contributed by atoms with Crippen LogP contribution in [-0.4, -0.2) is 27.7 Å². The number of fused-ring (bicyclic) bond motifs is 1. The summed E-state index contributed by atoms with van der Waals surface area (Å²) in [5.41, 5.74) is 0.281. The van der Waals surface area contributed by atoms with Gasteiger partial charge in [0.2, 0.25) is 5.28 Å². The molecule has 20 heavy (non-hydrogen) atoms. The van der Waals surface area contributed by atoms with Gasteiger partial charge in [-0.2, -0.15) is 0 Å². The summed E-state index contributed by atoms with van der Waals surface area (Å²) in [6, 6.07) is 4.53. The quantitative estimate of drug-likeness (QED) is 0.828. The molecule has 2 N–H and O–H groups in total. The number of piperidine rings is 1. The number of benzene rings is 1. The molecule has 0 amide bonds. The van der Waals surface area contributed by atoms with Gasteiger partial charge in [0.25, 0.3) is 5.56 Å². The molecule has 0 aliphatic carbocycles. The number of phenols is 1. The first kappa shape index (κ1) is 13.4. The zero-order valence-electron chi connectivity index (χ0n) is 11.0. The number of nitrogens with one attached hydrogen (secondary N) is 1. The van der Waals surface area contributed by atoms with Crippen molar-refractivity contribution in [2.24, 2.45) is 5.92 Å². The minimum Gasteiger partial charge on any atom is -0.508 e. The number of nitrogens with zero attached hydrogens (tertiary/aromatic N) is 2. The molecule has 1 aromatic carbocycles. The van der Waals surface area contributed by atoms with Gasteiger partial charge in [-0.1, -0.05) is 0 Å². The van der Waals surface area contributed by atoms with Crippen molar-refractivity contribution in [2.45, 2.75) is 19.4 Å². The highest BCUT2D eigenvalue weighted by atomic mass is 35.5. The predicted molar refractivity (Wildman–Crippen MR) is 78.3 cm³/mol. The summed E-state index contributed by atoms with van der Waals surface area (Å²) in [4.78, 5) is 16.7. The lowest BCUT2D eigenvalue weighted by molar-refractivity contribution is 0.333. The van der Waals surface area contributed by atoms with E-state index in [1.807, 2.05) is 0 Å². The van der Waals surface area contributed by atoms with Crippen molar-refractivity contribution in [3.8, 4) is 5.75 Å². The van der Waals surface area contributed by atoms with Crippen LogP contribution < -0.4 is 10.9 Å². The number of hydrogen-bond donors (Lipinski definition) is 2. The summed E-state index contributed by atoms with van der Waals surface area (Å²) >= 11 is 6.13. The van der Waals surface area contributed by atoms with Crippen LogP contribution in [0.4, 0.5) is 0 Å². The van der Waals surface area contributed by atoms with Crippen molar-refractivity contribution in [3.05, 3.63) is 33.8 Å². The van der Waals surface area contributed by atoms with Gasteiger partial charge in [-0.25, -0.2) is 4.98 Å². The minimum absolute atomic E-state index is 0.0784. The number of phenolic OH excluding ortho intramolecular Hbond substituents is 1. The van der Waals surface area contributed by atoms with Crippen LogP contribution in [0.5, 0.6) is 5.75 Å². The Morgan fingerprint density at radius 2 is 2.35 bits per heavy atom. The van der Waals surface area contributed by atoms with E-state index in [9.17, 15) is 9.90 Å². The maximum atomic E-state index is 12.5. The zero-order chi connectivity index (χ0) is 14.1. The van der Waals surface area contributed by atoms with Gasteiger partial charge in [0, 0.05) is 12.6 Å². The third kappa shape index (κ3) is 2.51. The molecule has 5 nitrogen and oxygen atoms in total. The molecular formula is C14H16ClN3O2. The highest BCUT2D eigenvalue weighted by molar-refractivity contribution is 6.28. The third-order valence-electron chi connectivity index (χ3n) is 3.73. The third-order valence-corrected chi connectivity index (χ3v) is 4.02. The van der Waals surface area contributed by atoms with Crippen molar-refractivity contribution in [1.29, 1.82) is 0 Å². The lowest BCUT2D eigenvalue weighted by Gasteiger charge is -2.23. The first-order valence-corrected chi connectivity index (χ1v) is 7.13. The fourth-order valence-electron chi connectivity index (χ4n) is 2.68. The molecule has 6 heteroatoms. The van der Waals surface area contributed by atoms with Crippen LogP contribution in [0.3, 0.4) is 0 Å². The Morgan fingerprint density at radius 1 is 1.50 bits per heavy atom. The first-order chi connectivity index (χ1) is 9.65. The molecule has 3 rings (SSSR count). The highest BCUT2D eigenvalue weighted by Gasteiger charge is 2.17. The van der Waals surface area contributed by atoms with Crippen LogP contribution in [-0.2, 0) is 6.54 Å². The molecule has 1 atom stereocenters. The Bertz CT molecular complexity index is 693. The fourth-order valence-corrected chi connectivity index (χ4v) is 2.92. The largest absolute Gasteiger partial charge is 0.508 e. The van der Waals surface area contributed by atoms with Gasteiger partial charge in [0.1, 0.15) is 5.75 Å². The Hall–Kier alpha value is -1.59. The second-order valence-electron chi connectivity index (χ2n) is 5.21. The number of aromatic hydroxyl groups is 1. The van der Waals surface area contributed by atoms with Gasteiger partial charge in [0.15, 0.2) is 0 Å². The number of rotatable bonds is 2. The van der Waals surface area contributed by atoms with Crippen molar-refractivity contribution in [3.63, 3.8) is 0 Å². The van der Waals surface area contributed by atoms with Gasteiger partial charge < -0.3 is 10.4 Å². The van der Waals surface area contributed by atoms with Crippen LogP contribution in [0.2, 0.25) is 5.28 Å². The van der Waals surface area contributed by atoms with Gasteiger partial charge in [0.05, 0.1) is 10.9 Å². The van der Waals surface area contributed by atoms with Crippen LogP contribution in [0.15, 0.2) is 23.0 Å². The molecule has 2 aromatic rings. The average Bonchev–Trinajstić information content (AvgIpc) is 2.44. The maximum Gasteiger partial charge on any atom is 0.262 e.